The molecule has 20 heavy (non-hydrogen) atoms. The largest absolute Gasteiger partial charge is 0.493 e. The second-order valence-electron chi connectivity index (χ2n) is 5.57. The van der Waals surface area contributed by atoms with Crippen molar-refractivity contribution in [3.05, 3.63) is 27.9 Å². The number of nitrogens with one attached hydrogen (secondary N) is 1. The highest BCUT2D eigenvalue weighted by Crippen LogP contribution is 2.38. The Bertz CT molecular complexity index is 614. The van der Waals surface area contributed by atoms with E-state index in [-0.39, 0.29) is 0 Å². The number of hydrogen-bond donors (Lipinski definition) is 1. The minimum absolute atomic E-state index is 0.704. The SMILES string of the molecule is COc1cc(CC2CCCNC2)c(Br)c2cc(C)oc12. The maximum absolute atomic E-state index is 5.75. The maximum Gasteiger partial charge on any atom is 0.177 e. The Morgan fingerprint density at radius 2 is 2.30 bits per heavy atom. The molecule has 1 aromatic carbocycles. The van der Waals surface area contributed by atoms with E-state index < -0.39 is 0 Å². The van der Waals surface area contributed by atoms with E-state index in [1.165, 1.54) is 18.4 Å². The molecule has 3 nitrogen and oxygen atoms in total. The topological polar surface area (TPSA) is 34.4 Å². The van der Waals surface area contributed by atoms with E-state index >= 15 is 0 Å². The molecule has 0 radical (unpaired) electrons. The van der Waals surface area contributed by atoms with Gasteiger partial charge in [0.2, 0.25) is 0 Å². The lowest BCUT2D eigenvalue weighted by Gasteiger charge is -2.23. The zero-order valence-corrected chi connectivity index (χ0v) is 13.5. The molecule has 0 spiro atoms. The summed E-state index contributed by atoms with van der Waals surface area (Å²) in [5.74, 6) is 2.45. The predicted molar refractivity (Wildman–Crippen MR) is 84.5 cm³/mol. The van der Waals surface area contributed by atoms with E-state index in [0.717, 1.165) is 46.5 Å². The van der Waals surface area contributed by atoms with E-state index in [1.54, 1.807) is 7.11 Å². The number of furan rings is 1. The van der Waals surface area contributed by atoms with E-state index in [2.05, 4.69) is 33.4 Å². The molecule has 1 aromatic heterocycles. The fourth-order valence-electron chi connectivity index (χ4n) is 3.03. The molecular weight excluding hydrogens is 318 g/mol. The van der Waals surface area contributed by atoms with Gasteiger partial charge >= 0.3 is 0 Å². The van der Waals surface area contributed by atoms with Crippen molar-refractivity contribution in [3.63, 3.8) is 0 Å². The molecule has 0 saturated carbocycles. The Kier molecular flexibility index (Phi) is 4.03. The van der Waals surface area contributed by atoms with Crippen LogP contribution in [0.25, 0.3) is 11.0 Å². The number of fused-ring (bicyclic) bond motifs is 1. The van der Waals surface area contributed by atoms with Crippen molar-refractivity contribution < 1.29 is 9.15 Å². The molecule has 2 heterocycles. The summed E-state index contributed by atoms with van der Waals surface area (Å²) in [6, 6.07) is 4.19. The number of benzene rings is 1. The number of aryl methyl sites for hydroxylation is 1. The van der Waals surface area contributed by atoms with Crippen molar-refractivity contribution in [2.75, 3.05) is 20.2 Å². The number of rotatable bonds is 3. The summed E-state index contributed by atoms with van der Waals surface area (Å²) in [7, 11) is 1.70. The molecule has 1 unspecified atom stereocenters. The molecule has 0 aliphatic carbocycles. The summed E-state index contributed by atoms with van der Waals surface area (Å²) in [5.41, 5.74) is 2.14. The number of halogens is 1. The van der Waals surface area contributed by atoms with Crippen molar-refractivity contribution in [1.82, 2.24) is 5.32 Å². The first-order valence-electron chi connectivity index (χ1n) is 7.15. The molecule has 1 fully saturated rings. The first-order valence-corrected chi connectivity index (χ1v) is 7.94. The van der Waals surface area contributed by atoms with Crippen molar-refractivity contribution in [1.29, 1.82) is 0 Å². The van der Waals surface area contributed by atoms with Gasteiger partial charge in [0.15, 0.2) is 11.3 Å². The van der Waals surface area contributed by atoms with Crippen LogP contribution >= 0.6 is 15.9 Å². The first-order chi connectivity index (χ1) is 9.69. The third-order valence-corrected chi connectivity index (χ3v) is 4.97. The summed E-state index contributed by atoms with van der Waals surface area (Å²) in [6.07, 6.45) is 3.64. The van der Waals surface area contributed by atoms with Gasteiger partial charge in [0.1, 0.15) is 5.76 Å². The standard InChI is InChI=1S/C16H20BrNO2/c1-10-6-13-15(17)12(7-11-4-3-5-18-9-11)8-14(19-2)16(13)20-10/h6,8,11,18H,3-5,7,9H2,1-2H3. The Morgan fingerprint density at radius 1 is 1.45 bits per heavy atom. The maximum atomic E-state index is 5.75. The van der Waals surface area contributed by atoms with Crippen LogP contribution in [0.4, 0.5) is 0 Å². The predicted octanol–water partition coefficient (Wildman–Crippen LogP) is 4.05. The summed E-state index contributed by atoms with van der Waals surface area (Å²) in [4.78, 5) is 0. The lowest BCUT2D eigenvalue weighted by molar-refractivity contribution is 0.374. The van der Waals surface area contributed by atoms with Gasteiger partial charge in [-0.3, -0.25) is 0 Å². The van der Waals surface area contributed by atoms with Gasteiger partial charge in [-0.05, 0) is 78.8 Å². The molecule has 2 aromatic rings. The fourth-order valence-corrected chi connectivity index (χ4v) is 3.60. The van der Waals surface area contributed by atoms with Gasteiger partial charge < -0.3 is 14.5 Å². The lowest BCUT2D eigenvalue weighted by atomic mass is 9.92. The molecule has 1 atom stereocenters. The van der Waals surface area contributed by atoms with E-state index in [0.29, 0.717) is 5.92 Å². The molecule has 1 aliphatic rings. The van der Waals surface area contributed by atoms with Crippen LogP contribution in [0.15, 0.2) is 21.0 Å². The van der Waals surface area contributed by atoms with Gasteiger partial charge in [-0.2, -0.15) is 0 Å². The van der Waals surface area contributed by atoms with E-state index in [1.807, 2.05) is 6.92 Å². The zero-order valence-electron chi connectivity index (χ0n) is 12.0. The van der Waals surface area contributed by atoms with E-state index in [9.17, 15) is 0 Å². The molecule has 3 rings (SSSR count). The van der Waals surface area contributed by atoms with Crippen LogP contribution in [0.5, 0.6) is 5.75 Å². The van der Waals surface area contributed by atoms with Crippen molar-refractivity contribution >= 4 is 26.9 Å². The zero-order chi connectivity index (χ0) is 14.1. The third-order valence-electron chi connectivity index (χ3n) is 4.03. The summed E-state index contributed by atoms with van der Waals surface area (Å²) in [5, 5.41) is 4.59. The van der Waals surface area contributed by atoms with Gasteiger partial charge in [0.05, 0.1) is 7.11 Å². The Labute approximate surface area is 127 Å². The normalized spacial score (nSPS) is 19.4. The molecule has 4 heteroatoms. The van der Waals surface area contributed by atoms with Gasteiger partial charge in [-0.25, -0.2) is 0 Å². The monoisotopic (exact) mass is 337 g/mol. The van der Waals surface area contributed by atoms with Crippen LogP contribution in [0.1, 0.15) is 24.2 Å². The van der Waals surface area contributed by atoms with Crippen LogP contribution in [0.3, 0.4) is 0 Å². The molecular formula is C16H20BrNO2. The van der Waals surface area contributed by atoms with Crippen molar-refractivity contribution in [2.45, 2.75) is 26.2 Å². The van der Waals surface area contributed by atoms with Gasteiger partial charge in [0, 0.05) is 9.86 Å². The highest BCUT2D eigenvalue weighted by atomic mass is 79.9. The summed E-state index contributed by atoms with van der Waals surface area (Å²) >= 11 is 3.75. The van der Waals surface area contributed by atoms with Gasteiger partial charge in [-0.15, -0.1) is 0 Å². The Hall–Kier alpha value is -1.00. The van der Waals surface area contributed by atoms with Crippen LogP contribution in [-0.4, -0.2) is 20.2 Å². The average molecular weight is 338 g/mol. The quantitative estimate of drug-likeness (QED) is 0.917. The third kappa shape index (κ3) is 2.59. The van der Waals surface area contributed by atoms with Gasteiger partial charge in [0.25, 0.3) is 0 Å². The van der Waals surface area contributed by atoms with Crippen LogP contribution in [0.2, 0.25) is 0 Å². The number of methoxy groups -OCH3 is 1. The second kappa shape index (κ2) is 5.78. The van der Waals surface area contributed by atoms with Crippen LogP contribution in [-0.2, 0) is 6.42 Å². The minimum atomic E-state index is 0.704. The second-order valence-corrected chi connectivity index (χ2v) is 6.36. The smallest absolute Gasteiger partial charge is 0.177 e. The van der Waals surface area contributed by atoms with Crippen LogP contribution < -0.4 is 10.1 Å². The molecule has 108 valence electrons. The highest BCUT2D eigenvalue weighted by molar-refractivity contribution is 9.10. The average Bonchev–Trinajstić information content (AvgIpc) is 2.85. The van der Waals surface area contributed by atoms with Gasteiger partial charge in [-0.1, -0.05) is 0 Å². The van der Waals surface area contributed by atoms with Crippen molar-refractivity contribution in [2.24, 2.45) is 5.92 Å². The first kappa shape index (κ1) is 14.0. The molecule has 1 saturated heterocycles. The van der Waals surface area contributed by atoms with Crippen molar-refractivity contribution in [3.8, 4) is 5.75 Å². The highest BCUT2D eigenvalue weighted by Gasteiger charge is 2.19. The Morgan fingerprint density at radius 3 is 3.00 bits per heavy atom. The fraction of sp³-hybridized carbons (Fsp3) is 0.500. The molecule has 1 N–H and O–H groups in total. The summed E-state index contributed by atoms with van der Waals surface area (Å²) < 4.78 is 12.4. The molecule has 0 bridgehead atoms. The number of hydrogen-bond acceptors (Lipinski definition) is 3. The van der Waals surface area contributed by atoms with Crippen LogP contribution in [0, 0.1) is 12.8 Å². The summed E-state index contributed by atoms with van der Waals surface area (Å²) in [6.45, 7) is 4.23. The number of piperidine rings is 1. The lowest BCUT2D eigenvalue weighted by Crippen LogP contribution is -2.30. The number of ether oxygens (including phenoxy) is 1. The van der Waals surface area contributed by atoms with E-state index in [4.69, 9.17) is 9.15 Å². The Balaban J connectivity index is 1.99. The molecule has 0 amide bonds. The minimum Gasteiger partial charge on any atom is -0.493 e. The molecule has 1 aliphatic heterocycles.